The van der Waals surface area contributed by atoms with Crippen LogP contribution in [-0.4, -0.2) is 69.2 Å². The van der Waals surface area contributed by atoms with E-state index in [9.17, 15) is 18.8 Å². The Kier molecular flexibility index (Phi) is 8.22. The molecular weight excluding hydrogens is 545 g/mol. The minimum atomic E-state index is -0.908. The lowest BCUT2D eigenvalue weighted by atomic mass is 9.90. The van der Waals surface area contributed by atoms with Crippen LogP contribution < -0.4 is 21.1 Å². The molecule has 2 N–H and O–H groups in total. The van der Waals surface area contributed by atoms with Crippen molar-refractivity contribution in [1.29, 1.82) is 0 Å². The molecule has 3 heterocycles. The number of amides is 2. The Bertz CT molecular complexity index is 1520. The van der Waals surface area contributed by atoms with E-state index in [-0.39, 0.29) is 58.2 Å². The molecule has 0 spiro atoms. The zero-order valence-corrected chi connectivity index (χ0v) is 24.6. The Morgan fingerprint density at radius 2 is 1.95 bits per heavy atom. The Hall–Kier alpha value is -4.00. The summed E-state index contributed by atoms with van der Waals surface area (Å²) in [6.07, 6.45) is 5.60. The molecule has 5 rings (SSSR count). The van der Waals surface area contributed by atoms with Crippen LogP contribution in [0.3, 0.4) is 0 Å². The van der Waals surface area contributed by atoms with Crippen LogP contribution >= 0.6 is 0 Å². The molecule has 226 valence electrons. The molecule has 2 atom stereocenters. The molecule has 0 radical (unpaired) electrons. The fraction of sp³-hybridized carbons (Fsp3) is 0.552. The van der Waals surface area contributed by atoms with Crippen LogP contribution in [0.4, 0.5) is 26.5 Å². The van der Waals surface area contributed by atoms with Gasteiger partial charge < -0.3 is 24.7 Å². The van der Waals surface area contributed by atoms with Crippen molar-refractivity contribution in [2.24, 2.45) is 0 Å². The van der Waals surface area contributed by atoms with Gasteiger partial charge in [0.15, 0.2) is 5.65 Å². The number of aromatic nitrogens is 4. The topological polar surface area (TPSA) is 132 Å². The van der Waals surface area contributed by atoms with Crippen LogP contribution in [0, 0.1) is 0 Å². The maximum Gasteiger partial charge on any atom is 0.415 e. The number of halogens is 1. The summed E-state index contributed by atoms with van der Waals surface area (Å²) in [7, 11) is 3.20. The summed E-state index contributed by atoms with van der Waals surface area (Å²) >= 11 is 0. The van der Waals surface area contributed by atoms with Gasteiger partial charge in [0, 0.05) is 38.5 Å². The number of nitrogens with zero attached hydrogens (tertiary/aromatic N) is 5. The fourth-order valence-electron chi connectivity index (χ4n) is 5.37. The van der Waals surface area contributed by atoms with Crippen molar-refractivity contribution < 1.29 is 23.5 Å². The van der Waals surface area contributed by atoms with Crippen LogP contribution in [0.25, 0.3) is 5.65 Å². The predicted octanol–water partition coefficient (Wildman–Crippen LogP) is 4.37. The van der Waals surface area contributed by atoms with Crippen molar-refractivity contribution in [1.82, 2.24) is 24.5 Å². The lowest BCUT2D eigenvalue weighted by Gasteiger charge is -2.31. The third-order valence-corrected chi connectivity index (χ3v) is 7.69. The molecule has 0 aromatic carbocycles. The Morgan fingerprint density at radius 3 is 2.64 bits per heavy atom. The Balaban J connectivity index is 1.51. The smallest absolute Gasteiger partial charge is 0.415 e. The van der Waals surface area contributed by atoms with Crippen LogP contribution in [0.1, 0.15) is 75.7 Å². The number of hydrogen-bond donors (Lipinski definition) is 2. The van der Waals surface area contributed by atoms with Gasteiger partial charge in [-0.3, -0.25) is 14.5 Å². The summed E-state index contributed by atoms with van der Waals surface area (Å²) in [5.74, 6) is 0.130. The number of carbonyl (C=O) groups excluding carboxylic acids is 2. The maximum atomic E-state index is 13.5. The highest BCUT2D eigenvalue weighted by Crippen LogP contribution is 2.34. The van der Waals surface area contributed by atoms with Gasteiger partial charge in [-0.2, -0.15) is 9.61 Å². The molecule has 0 saturated heterocycles. The second-order valence-electron chi connectivity index (χ2n) is 12.0. The molecule has 12 nitrogen and oxygen atoms in total. The summed E-state index contributed by atoms with van der Waals surface area (Å²) in [6.45, 7) is 5.28. The molecule has 2 aliphatic rings. The van der Waals surface area contributed by atoms with Crippen molar-refractivity contribution in [2.45, 2.75) is 89.3 Å². The molecule has 13 heteroatoms. The highest BCUT2D eigenvalue weighted by atomic mass is 19.1. The highest BCUT2D eigenvalue weighted by Gasteiger charge is 2.31. The molecule has 3 aromatic rings. The Labute approximate surface area is 243 Å². The average molecular weight is 584 g/mol. The predicted molar refractivity (Wildman–Crippen MR) is 155 cm³/mol. The molecule has 2 amide bonds. The quantitative estimate of drug-likeness (QED) is 0.419. The number of ether oxygens (including phenoxy) is 2. The summed E-state index contributed by atoms with van der Waals surface area (Å²) in [4.78, 5) is 45.6. The van der Waals surface area contributed by atoms with E-state index < -0.39 is 17.9 Å². The second kappa shape index (κ2) is 11.7. The van der Waals surface area contributed by atoms with Crippen molar-refractivity contribution in [3.05, 3.63) is 46.5 Å². The largest absolute Gasteiger partial charge is 0.443 e. The van der Waals surface area contributed by atoms with Gasteiger partial charge in [-0.25, -0.2) is 14.2 Å². The number of methoxy groups -OCH3 is 1. The van der Waals surface area contributed by atoms with E-state index in [1.54, 1.807) is 52.3 Å². The molecule has 1 unspecified atom stereocenters. The van der Waals surface area contributed by atoms with Crippen molar-refractivity contribution >= 4 is 35.0 Å². The van der Waals surface area contributed by atoms with Gasteiger partial charge in [0.25, 0.3) is 11.5 Å². The molecule has 0 aliphatic heterocycles. The first-order valence-electron chi connectivity index (χ1n) is 14.2. The molecule has 2 saturated carbocycles. The first-order valence-corrected chi connectivity index (χ1v) is 14.2. The van der Waals surface area contributed by atoms with E-state index in [2.05, 4.69) is 20.7 Å². The van der Waals surface area contributed by atoms with Gasteiger partial charge in [-0.15, -0.1) is 0 Å². The number of hydrogen-bond acceptors (Lipinski definition) is 8. The zero-order valence-electron chi connectivity index (χ0n) is 24.6. The number of fused-ring (bicyclic) bond motifs is 1. The van der Waals surface area contributed by atoms with E-state index in [4.69, 9.17) is 9.47 Å². The first kappa shape index (κ1) is 29.5. The third kappa shape index (κ3) is 6.25. The van der Waals surface area contributed by atoms with E-state index in [0.29, 0.717) is 19.3 Å². The van der Waals surface area contributed by atoms with Crippen LogP contribution in [-0.2, 0) is 9.47 Å². The van der Waals surface area contributed by atoms with Gasteiger partial charge in [-0.1, -0.05) is 0 Å². The van der Waals surface area contributed by atoms with Crippen molar-refractivity contribution in [3.63, 3.8) is 0 Å². The van der Waals surface area contributed by atoms with Gasteiger partial charge in [0.2, 0.25) is 0 Å². The minimum absolute atomic E-state index is 0.0606. The number of nitrogens with one attached hydrogen (secondary N) is 2. The highest BCUT2D eigenvalue weighted by molar-refractivity contribution is 6.00. The normalized spacial score (nSPS) is 22.3. The summed E-state index contributed by atoms with van der Waals surface area (Å²) in [6, 6.07) is 4.59. The summed E-state index contributed by atoms with van der Waals surface area (Å²) in [5.41, 5.74) is -0.442. The van der Waals surface area contributed by atoms with Crippen LogP contribution in [0.2, 0.25) is 0 Å². The van der Waals surface area contributed by atoms with Crippen LogP contribution in [0.5, 0.6) is 0 Å². The third-order valence-electron chi connectivity index (χ3n) is 7.69. The van der Waals surface area contributed by atoms with Crippen molar-refractivity contribution in [3.8, 4) is 0 Å². The maximum absolute atomic E-state index is 13.5. The van der Waals surface area contributed by atoms with Gasteiger partial charge in [0.1, 0.15) is 34.7 Å². The standard InChI is InChI=1S/C29H38FN7O5/c1-29(2,3)42-28(40)35(4)24-15-23(33-22-10-7-11-36(27(22)39)19-12-17(30)13-19)34-25-21(16-31-37(24)25)26(38)32-18-8-6-9-20(14-18)41-5/h7,10-11,15-20H,6,8-9,12-14H2,1-5H3,(H,32,38)(H,33,34)/t17?,18?,19?,20-/m1/s1. The van der Waals surface area contributed by atoms with Crippen LogP contribution in [0.15, 0.2) is 35.4 Å². The second-order valence-corrected chi connectivity index (χ2v) is 12.0. The fourth-order valence-corrected chi connectivity index (χ4v) is 5.37. The number of anilines is 3. The van der Waals surface area contributed by atoms with E-state index in [0.717, 1.165) is 19.3 Å². The zero-order chi connectivity index (χ0) is 30.2. The lowest BCUT2D eigenvalue weighted by molar-refractivity contribution is 0.0561. The number of alkyl halides is 1. The molecular formula is C29H38FN7O5. The Morgan fingerprint density at radius 1 is 1.19 bits per heavy atom. The van der Waals surface area contributed by atoms with Crippen molar-refractivity contribution in [2.75, 3.05) is 24.4 Å². The molecule has 3 aromatic heterocycles. The molecule has 42 heavy (non-hydrogen) atoms. The lowest BCUT2D eigenvalue weighted by Crippen LogP contribution is -2.40. The van der Waals surface area contributed by atoms with Gasteiger partial charge >= 0.3 is 6.09 Å². The summed E-state index contributed by atoms with van der Waals surface area (Å²) < 4.78 is 27.5. The van der Waals surface area contributed by atoms with E-state index in [1.807, 2.05) is 0 Å². The monoisotopic (exact) mass is 583 g/mol. The average Bonchev–Trinajstić information content (AvgIpc) is 3.35. The van der Waals surface area contributed by atoms with Gasteiger partial charge in [-0.05, 0) is 71.4 Å². The summed E-state index contributed by atoms with van der Waals surface area (Å²) in [5, 5.41) is 10.5. The minimum Gasteiger partial charge on any atom is -0.443 e. The molecule has 2 aliphatic carbocycles. The number of rotatable bonds is 7. The van der Waals surface area contributed by atoms with E-state index in [1.165, 1.54) is 27.2 Å². The first-order chi connectivity index (χ1) is 19.9. The van der Waals surface area contributed by atoms with E-state index >= 15 is 0 Å². The SMILES string of the molecule is CO[C@@H]1CCCC(NC(=O)c2cnn3c(N(C)C(=O)OC(C)(C)C)cc(Nc4cccn(C5CC(F)C5)c4=O)nc23)C1. The molecule has 0 bridgehead atoms. The molecule has 2 fully saturated rings. The number of carbonyl (C=O) groups is 2. The van der Waals surface area contributed by atoms with Gasteiger partial charge in [0.05, 0.1) is 12.3 Å². The number of pyridine rings is 1.